The fraction of sp³-hybridized carbons (Fsp3) is 0.222. The minimum atomic E-state index is -0.908. The molecule has 2 aromatic rings. The zero-order valence-corrected chi connectivity index (χ0v) is 14.3. The molecule has 126 valence electrons. The molecule has 0 amide bonds. The molecule has 0 radical (unpaired) electrons. The molecule has 6 heteroatoms. The first-order chi connectivity index (χ1) is 11.5. The summed E-state index contributed by atoms with van der Waals surface area (Å²) in [5, 5.41) is 8.99. The molecule has 1 N–H and O–H groups in total. The van der Waals surface area contributed by atoms with Gasteiger partial charge in [0.1, 0.15) is 5.75 Å². The van der Waals surface area contributed by atoms with E-state index in [1.807, 2.05) is 18.2 Å². The van der Waals surface area contributed by atoms with Crippen molar-refractivity contribution in [2.24, 2.45) is 0 Å². The summed E-state index contributed by atoms with van der Waals surface area (Å²) < 4.78 is 10.1. The van der Waals surface area contributed by atoms with E-state index in [-0.39, 0.29) is 12.4 Å². The molecule has 0 unspecified atom stereocenters. The highest BCUT2D eigenvalue weighted by molar-refractivity contribution is 7.99. The van der Waals surface area contributed by atoms with E-state index in [9.17, 15) is 9.59 Å². The number of carbonyl (C=O) groups is 2. The number of benzene rings is 2. The normalized spacial score (nSPS) is 10.2. The van der Waals surface area contributed by atoms with Crippen LogP contribution < -0.4 is 4.74 Å². The van der Waals surface area contributed by atoms with Crippen LogP contribution in [0, 0.1) is 0 Å². The number of carboxylic acid groups (broad SMARTS) is 1. The molecular formula is C18H18O5S. The molecule has 0 heterocycles. The Morgan fingerprint density at radius 3 is 2.33 bits per heavy atom. The summed E-state index contributed by atoms with van der Waals surface area (Å²) in [6.07, 6.45) is -0.0978. The van der Waals surface area contributed by atoms with Crippen molar-refractivity contribution >= 4 is 23.7 Å². The van der Waals surface area contributed by atoms with Crippen LogP contribution in [0.15, 0.2) is 52.3 Å². The van der Waals surface area contributed by atoms with Crippen molar-refractivity contribution in [1.82, 2.24) is 0 Å². The number of carboxylic acids is 1. The minimum Gasteiger partial charge on any atom is -0.496 e. The Morgan fingerprint density at radius 2 is 1.75 bits per heavy atom. The Kier molecular flexibility index (Phi) is 6.26. The first-order valence-electron chi connectivity index (χ1n) is 7.37. The van der Waals surface area contributed by atoms with E-state index in [2.05, 4.69) is 0 Å². The average molecular weight is 346 g/mol. The number of carbonyl (C=O) groups excluding carboxylic acids is 1. The molecule has 0 saturated heterocycles. The van der Waals surface area contributed by atoms with Crippen LogP contribution in [0.5, 0.6) is 5.75 Å². The summed E-state index contributed by atoms with van der Waals surface area (Å²) in [6.45, 7) is 2.11. The number of aliphatic carboxylic acids is 1. The van der Waals surface area contributed by atoms with Gasteiger partial charge in [-0.1, -0.05) is 11.8 Å². The number of rotatable bonds is 7. The van der Waals surface area contributed by atoms with Crippen LogP contribution in [0.1, 0.15) is 22.8 Å². The lowest BCUT2D eigenvalue weighted by molar-refractivity contribution is -0.136. The van der Waals surface area contributed by atoms with Gasteiger partial charge in [-0.3, -0.25) is 4.79 Å². The van der Waals surface area contributed by atoms with Gasteiger partial charge in [0, 0.05) is 15.4 Å². The van der Waals surface area contributed by atoms with Crippen LogP contribution in [0.2, 0.25) is 0 Å². The van der Waals surface area contributed by atoms with Gasteiger partial charge in [-0.2, -0.15) is 0 Å². The van der Waals surface area contributed by atoms with E-state index in [4.69, 9.17) is 14.6 Å². The molecule has 0 spiro atoms. The zero-order valence-electron chi connectivity index (χ0n) is 13.4. The van der Waals surface area contributed by atoms with E-state index >= 15 is 0 Å². The van der Waals surface area contributed by atoms with Crippen LogP contribution in [-0.2, 0) is 16.0 Å². The van der Waals surface area contributed by atoms with Gasteiger partial charge >= 0.3 is 11.9 Å². The molecule has 24 heavy (non-hydrogen) atoms. The molecular weight excluding hydrogens is 328 g/mol. The number of hydrogen-bond donors (Lipinski definition) is 1. The molecule has 0 aliphatic heterocycles. The standard InChI is InChI=1S/C18H18O5S/c1-3-23-18(21)12-4-6-14(7-5-12)24-15-8-9-16(22-2)13(10-15)11-17(19)20/h4-10H,3,11H2,1-2H3,(H,19,20). The van der Waals surface area contributed by atoms with Gasteiger partial charge in [0.25, 0.3) is 0 Å². The van der Waals surface area contributed by atoms with Crippen LogP contribution in [0.3, 0.4) is 0 Å². The molecule has 0 fully saturated rings. The van der Waals surface area contributed by atoms with E-state index in [0.29, 0.717) is 23.5 Å². The molecule has 5 nitrogen and oxygen atoms in total. The van der Waals surface area contributed by atoms with Crippen LogP contribution in [-0.4, -0.2) is 30.8 Å². The fourth-order valence-electron chi connectivity index (χ4n) is 2.13. The van der Waals surface area contributed by atoms with E-state index < -0.39 is 5.97 Å². The van der Waals surface area contributed by atoms with Crippen molar-refractivity contribution in [2.75, 3.05) is 13.7 Å². The lowest BCUT2D eigenvalue weighted by atomic mass is 10.1. The summed E-state index contributed by atoms with van der Waals surface area (Å²) in [6, 6.07) is 12.5. The maximum absolute atomic E-state index is 11.6. The van der Waals surface area contributed by atoms with Gasteiger partial charge in [-0.05, 0) is 49.4 Å². The SMILES string of the molecule is CCOC(=O)c1ccc(Sc2ccc(OC)c(CC(=O)O)c2)cc1. The number of hydrogen-bond acceptors (Lipinski definition) is 5. The second-order valence-electron chi connectivity index (χ2n) is 4.89. The van der Waals surface area contributed by atoms with Gasteiger partial charge in [0.2, 0.25) is 0 Å². The maximum atomic E-state index is 11.6. The third-order valence-corrected chi connectivity index (χ3v) is 4.19. The first kappa shape index (κ1) is 17.9. The quantitative estimate of drug-likeness (QED) is 0.772. The lowest BCUT2D eigenvalue weighted by Crippen LogP contribution is -2.04. The first-order valence-corrected chi connectivity index (χ1v) is 8.19. The average Bonchev–Trinajstić information content (AvgIpc) is 2.55. The predicted octanol–water partition coefficient (Wildman–Crippen LogP) is 3.65. The van der Waals surface area contributed by atoms with Crippen LogP contribution in [0.4, 0.5) is 0 Å². The summed E-state index contributed by atoms with van der Waals surface area (Å²) in [7, 11) is 1.52. The zero-order chi connectivity index (χ0) is 17.5. The van der Waals surface area contributed by atoms with Gasteiger partial charge in [-0.15, -0.1) is 0 Å². The second kappa shape index (κ2) is 8.40. The third kappa shape index (κ3) is 4.76. The summed E-state index contributed by atoms with van der Waals surface area (Å²) in [4.78, 5) is 24.4. The van der Waals surface area contributed by atoms with Gasteiger partial charge in [0.15, 0.2) is 0 Å². The topological polar surface area (TPSA) is 72.8 Å². The number of methoxy groups -OCH3 is 1. The summed E-state index contributed by atoms with van der Waals surface area (Å²) in [5.41, 5.74) is 1.13. The van der Waals surface area contributed by atoms with Crippen molar-refractivity contribution < 1.29 is 24.2 Å². The predicted molar refractivity (Wildman–Crippen MR) is 90.9 cm³/mol. The molecule has 2 aromatic carbocycles. The van der Waals surface area contributed by atoms with Crippen molar-refractivity contribution in [3.63, 3.8) is 0 Å². The molecule has 0 aromatic heterocycles. The molecule has 2 rings (SSSR count). The van der Waals surface area contributed by atoms with Crippen molar-refractivity contribution in [3.8, 4) is 5.75 Å². The Labute approximate surface area is 144 Å². The maximum Gasteiger partial charge on any atom is 0.338 e. The highest BCUT2D eigenvalue weighted by Crippen LogP contribution is 2.31. The Morgan fingerprint density at radius 1 is 1.08 bits per heavy atom. The third-order valence-electron chi connectivity index (χ3n) is 3.19. The highest BCUT2D eigenvalue weighted by Gasteiger charge is 2.10. The molecule has 0 saturated carbocycles. The van der Waals surface area contributed by atoms with Crippen molar-refractivity contribution in [1.29, 1.82) is 0 Å². The Bertz CT molecular complexity index is 725. The molecule has 0 aliphatic carbocycles. The lowest BCUT2D eigenvalue weighted by Gasteiger charge is -2.09. The molecule has 0 aliphatic rings. The smallest absolute Gasteiger partial charge is 0.338 e. The second-order valence-corrected chi connectivity index (χ2v) is 6.04. The van der Waals surface area contributed by atoms with Gasteiger partial charge < -0.3 is 14.6 Å². The van der Waals surface area contributed by atoms with Crippen molar-refractivity contribution in [3.05, 3.63) is 53.6 Å². The minimum absolute atomic E-state index is 0.0978. The Balaban J connectivity index is 2.15. The number of ether oxygens (including phenoxy) is 2. The van der Waals surface area contributed by atoms with Crippen LogP contribution in [0.25, 0.3) is 0 Å². The molecule has 0 bridgehead atoms. The van der Waals surface area contributed by atoms with E-state index in [1.165, 1.54) is 18.9 Å². The van der Waals surface area contributed by atoms with E-state index in [0.717, 1.165) is 9.79 Å². The largest absolute Gasteiger partial charge is 0.496 e. The van der Waals surface area contributed by atoms with E-state index in [1.54, 1.807) is 31.2 Å². The summed E-state index contributed by atoms with van der Waals surface area (Å²) >= 11 is 1.48. The van der Waals surface area contributed by atoms with Gasteiger partial charge in [0.05, 0.1) is 25.7 Å². The Hall–Kier alpha value is -2.47. The fourth-order valence-corrected chi connectivity index (χ4v) is 3.01. The monoisotopic (exact) mass is 346 g/mol. The highest BCUT2D eigenvalue weighted by atomic mass is 32.2. The van der Waals surface area contributed by atoms with Crippen LogP contribution >= 0.6 is 11.8 Å². The van der Waals surface area contributed by atoms with Gasteiger partial charge in [-0.25, -0.2) is 4.79 Å². The number of esters is 1. The summed E-state index contributed by atoms with van der Waals surface area (Å²) in [5.74, 6) is -0.698. The van der Waals surface area contributed by atoms with Crippen molar-refractivity contribution in [2.45, 2.75) is 23.1 Å². The molecule has 0 atom stereocenters.